The van der Waals surface area contributed by atoms with Gasteiger partial charge in [0.05, 0.1) is 4.34 Å². The van der Waals surface area contributed by atoms with Crippen LogP contribution in [0.25, 0.3) is 0 Å². The molecular weight excluding hydrogens is 420 g/mol. The first-order valence-electron chi connectivity index (χ1n) is 8.54. The van der Waals surface area contributed by atoms with E-state index in [-0.39, 0.29) is 4.21 Å². The second-order valence-corrected chi connectivity index (χ2v) is 9.95. The molecule has 3 aromatic rings. The van der Waals surface area contributed by atoms with Crippen LogP contribution < -0.4 is 10.2 Å². The number of piperazine rings is 1. The zero-order valence-electron chi connectivity index (χ0n) is 14.7. The van der Waals surface area contributed by atoms with E-state index in [1.54, 1.807) is 18.3 Å². The van der Waals surface area contributed by atoms with Gasteiger partial charge in [-0.1, -0.05) is 17.7 Å². The molecule has 0 radical (unpaired) electrons. The summed E-state index contributed by atoms with van der Waals surface area (Å²) in [6, 6.07) is 12.4. The minimum absolute atomic E-state index is 0.274. The molecule has 1 saturated heterocycles. The molecule has 146 valence electrons. The first kappa shape index (κ1) is 19.1. The summed E-state index contributed by atoms with van der Waals surface area (Å²) in [5.41, 5.74) is 0. The molecule has 4 heterocycles. The van der Waals surface area contributed by atoms with Crippen molar-refractivity contribution in [2.24, 2.45) is 0 Å². The Morgan fingerprint density at radius 3 is 2.39 bits per heavy atom. The predicted molar refractivity (Wildman–Crippen MR) is 110 cm³/mol. The minimum atomic E-state index is -3.50. The molecule has 4 rings (SSSR count). The number of pyridine rings is 1. The fourth-order valence-corrected chi connectivity index (χ4v) is 5.91. The lowest BCUT2D eigenvalue weighted by molar-refractivity contribution is 0.384. The van der Waals surface area contributed by atoms with Crippen LogP contribution in [0.4, 0.5) is 17.5 Å². The molecule has 11 heteroatoms. The SMILES string of the molecule is O=S(=O)(c1ccc(Cl)s1)N1CCN(c2ccc(Nc3ccccn3)nn2)CC1. The average Bonchev–Trinajstić information content (AvgIpc) is 3.17. The van der Waals surface area contributed by atoms with Crippen molar-refractivity contribution in [2.75, 3.05) is 36.4 Å². The molecule has 0 amide bonds. The van der Waals surface area contributed by atoms with Gasteiger partial charge in [-0.3, -0.25) is 0 Å². The first-order chi connectivity index (χ1) is 13.5. The third-order valence-corrected chi connectivity index (χ3v) is 7.87. The number of halogens is 1. The van der Waals surface area contributed by atoms with Gasteiger partial charge in [0.25, 0.3) is 10.0 Å². The second-order valence-electron chi connectivity index (χ2n) is 6.07. The maximum absolute atomic E-state index is 12.7. The van der Waals surface area contributed by atoms with Gasteiger partial charge < -0.3 is 10.2 Å². The molecule has 0 bridgehead atoms. The molecule has 1 aliphatic heterocycles. The highest BCUT2D eigenvalue weighted by atomic mass is 35.5. The van der Waals surface area contributed by atoms with Crippen molar-refractivity contribution in [3.8, 4) is 0 Å². The molecule has 1 N–H and O–H groups in total. The standard InChI is InChI=1S/C17H17ClN6O2S2/c18-13-4-7-17(27-13)28(25,26)24-11-9-23(10-12-24)16-6-5-15(21-22-16)20-14-3-1-2-8-19-14/h1-8H,9-12H2,(H,19,20,21). The minimum Gasteiger partial charge on any atom is -0.352 e. The van der Waals surface area contributed by atoms with Crippen molar-refractivity contribution >= 4 is 50.4 Å². The Hall–Kier alpha value is -2.27. The fraction of sp³-hybridized carbons (Fsp3) is 0.235. The van der Waals surface area contributed by atoms with Gasteiger partial charge in [-0.2, -0.15) is 4.31 Å². The van der Waals surface area contributed by atoms with Crippen LogP contribution >= 0.6 is 22.9 Å². The molecule has 3 aromatic heterocycles. The largest absolute Gasteiger partial charge is 0.352 e. The molecule has 1 fully saturated rings. The summed E-state index contributed by atoms with van der Waals surface area (Å²) in [6.07, 6.45) is 1.70. The van der Waals surface area contributed by atoms with Crippen molar-refractivity contribution < 1.29 is 8.42 Å². The lowest BCUT2D eigenvalue weighted by Crippen LogP contribution is -2.48. The van der Waals surface area contributed by atoms with E-state index in [4.69, 9.17) is 11.6 Å². The molecule has 0 aliphatic carbocycles. The van der Waals surface area contributed by atoms with Gasteiger partial charge >= 0.3 is 0 Å². The average molecular weight is 437 g/mol. The molecule has 8 nitrogen and oxygen atoms in total. The van der Waals surface area contributed by atoms with Crippen molar-refractivity contribution in [1.82, 2.24) is 19.5 Å². The lowest BCUT2D eigenvalue weighted by atomic mass is 10.3. The van der Waals surface area contributed by atoms with Crippen molar-refractivity contribution in [1.29, 1.82) is 0 Å². The van der Waals surface area contributed by atoms with E-state index in [0.717, 1.165) is 11.3 Å². The number of aromatic nitrogens is 3. The van der Waals surface area contributed by atoms with E-state index in [9.17, 15) is 8.42 Å². The van der Waals surface area contributed by atoms with Crippen LogP contribution in [0.2, 0.25) is 4.34 Å². The molecule has 1 aliphatic rings. The molecule has 0 aromatic carbocycles. The van der Waals surface area contributed by atoms with E-state index < -0.39 is 10.0 Å². The Labute approximate surface area is 171 Å². The summed E-state index contributed by atoms with van der Waals surface area (Å²) in [6.45, 7) is 1.85. The number of thiophene rings is 1. The topological polar surface area (TPSA) is 91.3 Å². The Morgan fingerprint density at radius 2 is 1.79 bits per heavy atom. The van der Waals surface area contributed by atoms with Crippen LogP contribution in [0.5, 0.6) is 0 Å². The maximum Gasteiger partial charge on any atom is 0.252 e. The highest BCUT2D eigenvalue weighted by molar-refractivity contribution is 7.91. The number of anilines is 3. The van der Waals surface area contributed by atoms with Crippen molar-refractivity contribution in [3.63, 3.8) is 0 Å². The van der Waals surface area contributed by atoms with Crippen LogP contribution in [0.1, 0.15) is 0 Å². The zero-order valence-corrected chi connectivity index (χ0v) is 17.1. The van der Waals surface area contributed by atoms with Gasteiger partial charge in [0.1, 0.15) is 10.0 Å². The molecule has 28 heavy (non-hydrogen) atoms. The smallest absolute Gasteiger partial charge is 0.252 e. The van der Waals surface area contributed by atoms with Crippen molar-refractivity contribution in [2.45, 2.75) is 4.21 Å². The van der Waals surface area contributed by atoms with E-state index in [1.807, 2.05) is 35.2 Å². The van der Waals surface area contributed by atoms with Crippen LogP contribution in [0.15, 0.2) is 52.9 Å². The van der Waals surface area contributed by atoms with Crippen molar-refractivity contribution in [3.05, 3.63) is 53.0 Å². The van der Waals surface area contributed by atoms with E-state index in [2.05, 4.69) is 20.5 Å². The number of nitrogens with zero attached hydrogens (tertiary/aromatic N) is 5. The van der Waals surface area contributed by atoms with E-state index in [1.165, 1.54) is 4.31 Å². The van der Waals surface area contributed by atoms with E-state index in [0.29, 0.717) is 48.0 Å². The predicted octanol–water partition coefficient (Wildman–Crippen LogP) is 2.84. The normalized spacial score (nSPS) is 15.5. The number of sulfonamides is 1. The Kier molecular flexibility index (Phi) is 5.44. The maximum atomic E-state index is 12.7. The molecule has 0 atom stereocenters. The van der Waals surface area contributed by atoms with Gasteiger partial charge in [0.15, 0.2) is 11.6 Å². The monoisotopic (exact) mass is 436 g/mol. The second kappa shape index (κ2) is 8.00. The van der Waals surface area contributed by atoms with Gasteiger partial charge in [0.2, 0.25) is 0 Å². The Balaban J connectivity index is 1.38. The van der Waals surface area contributed by atoms with Gasteiger partial charge in [-0.05, 0) is 36.4 Å². The fourth-order valence-electron chi connectivity index (χ4n) is 2.85. The number of nitrogens with one attached hydrogen (secondary N) is 1. The molecule has 0 spiro atoms. The van der Waals surface area contributed by atoms with E-state index >= 15 is 0 Å². The third kappa shape index (κ3) is 4.09. The summed E-state index contributed by atoms with van der Waals surface area (Å²) in [5.74, 6) is 2.00. The summed E-state index contributed by atoms with van der Waals surface area (Å²) in [4.78, 5) is 6.20. The first-order valence-corrected chi connectivity index (χ1v) is 11.2. The molecule has 0 unspecified atom stereocenters. The quantitative estimate of drug-likeness (QED) is 0.657. The lowest BCUT2D eigenvalue weighted by Gasteiger charge is -2.34. The number of rotatable bonds is 5. The third-order valence-electron chi connectivity index (χ3n) is 4.28. The van der Waals surface area contributed by atoms with Crippen LogP contribution in [0, 0.1) is 0 Å². The Morgan fingerprint density at radius 1 is 0.964 bits per heavy atom. The van der Waals surface area contributed by atoms with Gasteiger partial charge in [-0.25, -0.2) is 13.4 Å². The highest BCUT2D eigenvalue weighted by Crippen LogP contribution is 2.29. The van der Waals surface area contributed by atoms with Crippen LogP contribution in [-0.4, -0.2) is 54.1 Å². The van der Waals surface area contributed by atoms with Crippen LogP contribution in [0.3, 0.4) is 0 Å². The summed E-state index contributed by atoms with van der Waals surface area (Å²) in [7, 11) is -3.50. The summed E-state index contributed by atoms with van der Waals surface area (Å²) < 4.78 is 27.6. The zero-order chi connectivity index (χ0) is 19.6. The summed E-state index contributed by atoms with van der Waals surface area (Å²) in [5, 5.41) is 11.5. The Bertz CT molecular complexity index is 1040. The van der Waals surface area contributed by atoms with Gasteiger partial charge in [0, 0.05) is 32.4 Å². The number of hydrogen-bond acceptors (Lipinski definition) is 8. The van der Waals surface area contributed by atoms with Gasteiger partial charge in [-0.15, -0.1) is 21.5 Å². The number of hydrogen-bond donors (Lipinski definition) is 1. The molecular formula is C17H17ClN6O2S2. The van der Waals surface area contributed by atoms with Crippen LogP contribution in [-0.2, 0) is 10.0 Å². The highest BCUT2D eigenvalue weighted by Gasteiger charge is 2.30. The summed E-state index contributed by atoms with van der Waals surface area (Å²) >= 11 is 6.95. The molecule has 0 saturated carbocycles.